The summed E-state index contributed by atoms with van der Waals surface area (Å²) in [6.07, 6.45) is 0. The first kappa shape index (κ1) is 14.8. The lowest BCUT2D eigenvalue weighted by molar-refractivity contribution is -0.386. The molecule has 0 spiro atoms. The van der Waals surface area contributed by atoms with Crippen molar-refractivity contribution >= 4 is 11.7 Å². The zero-order chi connectivity index (χ0) is 14.6. The van der Waals surface area contributed by atoms with Crippen LogP contribution in [-0.2, 0) is 9.53 Å². The largest absolute Gasteiger partial charge is 0.483 e. The summed E-state index contributed by atoms with van der Waals surface area (Å²) in [5.74, 6) is -2.08. The molecule has 1 aromatic carbocycles. The fraction of sp³-hybridized carbons (Fsp3) is 0.364. The molecule has 0 saturated heterocycles. The van der Waals surface area contributed by atoms with Crippen LogP contribution in [0.1, 0.15) is 6.92 Å². The highest BCUT2D eigenvalue weighted by atomic mass is 19.1. The van der Waals surface area contributed by atoms with Crippen molar-refractivity contribution in [1.82, 2.24) is 0 Å². The summed E-state index contributed by atoms with van der Waals surface area (Å²) in [6, 6.07) is 2.63. The molecule has 0 aliphatic heterocycles. The van der Waals surface area contributed by atoms with Gasteiger partial charge in [-0.3, -0.25) is 10.1 Å². The van der Waals surface area contributed by atoms with E-state index in [2.05, 4.69) is 4.74 Å². The van der Waals surface area contributed by atoms with E-state index in [1.165, 1.54) is 0 Å². The van der Waals surface area contributed by atoms with Crippen molar-refractivity contribution in [3.05, 3.63) is 34.1 Å². The van der Waals surface area contributed by atoms with E-state index in [0.29, 0.717) is 0 Å². The third kappa shape index (κ3) is 3.62. The number of carbonyl (C=O) groups is 1. The zero-order valence-electron chi connectivity index (χ0n) is 10.3. The molecule has 0 bridgehead atoms. The highest BCUT2D eigenvalue weighted by Crippen LogP contribution is 2.28. The standard InChI is InChI=1S/C11H12FNO6/c1-11(15,10(14)18-2)6-19-9-5-7(12)3-4-8(9)13(16)17/h3-5,15H,6H2,1-2H3. The van der Waals surface area contributed by atoms with Crippen LogP contribution in [0, 0.1) is 15.9 Å². The molecule has 1 rings (SSSR count). The molecule has 0 heterocycles. The van der Waals surface area contributed by atoms with E-state index < -0.39 is 34.6 Å². The summed E-state index contributed by atoms with van der Waals surface area (Å²) in [6.45, 7) is 0.508. The van der Waals surface area contributed by atoms with E-state index in [4.69, 9.17) is 4.74 Å². The Hall–Kier alpha value is -2.22. The molecule has 0 radical (unpaired) electrons. The number of carbonyl (C=O) groups excluding carboxylic acids is 1. The van der Waals surface area contributed by atoms with Gasteiger partial charge in [0, 0.05) is 12.1 Å². The molecule has 8 heteroatoms. The Balaban J connectivity index is 2.91. The number of nitrogens with zero attached hydrogens (tertiary/aromatic N) is 1. The van der Waals surface area contributed by atoms with Crippen LogP contribution in [0.25, 0.3) is 0 Å². The van der Waals surface area contributed by atoms with Crippen molar-refractivity contribution < 1.29 is 28.7 Å². The third-order valence-electron chi connectivity index (χ3n) is 2.25. The second-order valence-electron chi connectivity index (χ2n) is 3.92. The minimum atomic E-state index is -1.99. The molecular weight excluding hydrogens is 261 g/mol. The lowest BCUT2D eigenvalue weighted by Gasteiger charge is -2.20. The summed E-state index contributed by atoms with van der Waals surface area (Å²) in [5.41, 5.74) is -2.46. The van der Waals surface area contributed by atoms with Crippen molar-refractivity contribution in [3.63, 3.8) is 0 Å². The Bertz CT molecular complexity index is 502. The average molecular weight is 273 g/mol. The van der Waals surface area contributed by atoms with E-state index in [1.807, 2.05) is 0 Å². The SMILES string of the molecule is COC(=O)C(C)(O)COc1cc(F)ccc1[N+](=O)[O-]. The summed E-state index contributed by atoms with van der Waals surface area (Å²) in [4.78, 5) is 21.1. The smallest absolute Gasteiger partial charge is 0.341 e. The Morgan fingerprint density at radius 2 is 2.21 bits per heavy atom. The van der Waals surface area contributed by atoms with Gasteiger partial charge in [-0.05, 0) is 13.0 Å². The minimum Gasteiger partial charge on any atom is -0.483 e. The molecule has 0 amide bonds. The second kappa shape index (κ2) is 5.61. The number of hydrogen-bond acceptors (Lipinski definition) is 6. The molecule has 0 fully saturated rings. The molecule has 1 N–H and O–H groups in total. The quantitative estimate of drug-likeness (QED) is 0.489. The van der Waals surface area contributed by atoms with E-state index in [9.17, 15) is 24.4 Å². The van der Waals surface area contributed by atoms with Crippen LogP contribution in [-0.4, -0.2) is 35.3 Å². The number of hydrogen-bond donors (Lipinski definition) is 1. The van der Waals surface area contributed by atoms with Crippen molar-refractivity contribution in [1.29, 1.82) is 0 Å². The van der Waals surface area contributed by atoms with E-state index in [-0.39, 0.29) is 5.75 Å². The maximum Gasteiger partial charge on any atom is 0.341 e. The normalized spacial score (nSPS) is 13.5. The number of halogens is 1. The van der Waals surface area contributed by atoms with Gasteiger partial charge in [-0.25, -0.2) is 9.18 Å². The van der Waals surface area contributed by atoms with Crippen molar-refractivity contribution in [2.45, 2.75) is 12.5 Å². The molecule has 0 saturated carbocycles. The average Bonchev–Trinajstić information content (AvgIpc) is 2.35. The molecule has 0 aliphatic carbocycles. The monoisotopic (exact) mass is 273 g/mol. The fourth-order valence-electron chi connectivity index (χ4n) is 1.25. The van der Waals surface area contributed by atoms with Gasteiger partial charge in [0.2, 0.25) is 0 Å². The highest BCUT2D eigenvalue weighted by Gasteiger charge is 2.33. The zero-order valence-corrected chi connectivity index (χ0v) is 10.3. The van der Waals surface area contributed by atoms with Crippen LogP contribution in [0.4, 0.5) is 10.1 Å². The van der Waals surface area contributed by atoms with Crippen LogP contribution >= 0.6 is 0 Å². The Morgan fingerprint density at radius 3 is 2.74 bits per heavy atom. The van der Waals surface area contributed by atoms with Gasteiger partial charge in [0.05, 0.1) is 12.0 Å². The number of aliphatic hydroxyl groups is 1. The number of nitro groups is 1. The number of esters is 1. The molecule has 1 atom stereocenters. The molecule has 0 aromatic heterocycles. The van der Waals surface area contributed by atoms with Crippen molar-refractivity contribution in [2.75, 3.05) is 13.7 Å². The minimum absolute atomic E-state index is 0.380. The van der Waals surface area contributed by atoms with Gasteiger partial charge in [-0.15, -0.1) is 0 Å². The first-order valence-corrected chi connectivity index (χ1v) is 5.15. The molecule has 104 valence electrons. The Kier molecular flexibility index (Phi) is 4.38. The maximum absolute atomic E-state index is 13.0. The lowest BCUT2D eigenvalue weighted by Crippen LogP contribution is -2.42. The number of methoxy groups -OCH3 is 1. The first-order chi connectivity index (χ1) is 8.77. The fourth-order valence-corrected chi connectivity index (χ4v) is 1.25. The number of ether oxygens (including phenoxy) is 2. The van der Waals surface area contributed by atoms with Crippen molar-refractivity contribution in [3.8, 4) is 5.75 Å². The molecule has 7 nitrogen and oxygen atoms in total. The van der Waals surface area contributed by atoms with E-state index in [1.54, 1.807) is 0 Å². The second-order valence-corrected chi connectivity index (χ2v) is 3.92. The van der Waals surface area contributed by atoms with Gasteiger partial charge in [0.15, 0.2) is 11.4 Å². The summed E-state index contributed by atoms with van der Waals surface area (Å²) in [7, 11) is 1.07. The predicted octanol–water partition coefficient (Wildman–Crippen LogP) is 1.04. The van der Waals surface area contributed by atoms with E-state index >= 15 is 0 Å². The maximum atomic E-state index is 13.0. The third-order valence-corrected chi connectivity index (χ3v) is 2.25. The first-order valence-electron chi connectivity index (χ1n) is 5.15. The Morgan fingerprint density at radius 1 is 1.58 bits per heavy atom. The van der Waals surface area contributed by atoms with Crippen molar-refractivity contribution in [2.24, 2.45) is 0 Å². The molecule has 1 unspecified atom stereocenters. The number of benzene rings is 1. The Labute approximate surface area is 107 Å². The summed E-state index contributed by atoms with van der Waals surface area (Å²) < 4.78 is 22.3. The molecular formula is C11H12FNO6. The predicted molar refractivity (Wildman–Crippen MR) is 61.2 cm³/mol. The van der Waals surface area contributed by atoms with Crippen LogP contribution in [0.5, 0.6) is 5.75 Å². The lowest BCUT2D eigenvalue weighted by atomic mass is 10.1. The van der Waals surface area contributed by atoms with Gasteiger partial charge < -0.3 is 14.6 Å². The van der Waals surface area contributed by atoms with Crippen LogP contribution in [0.15, 0.2) is 18.2 Å². The highest BCUT2D eigenvalue weighted by molar-refractivity contribution is 5.78. The number of rotatable bonds is 5. The van der Waals surface area contributed by atoms with Crippen LogP contribution in [0.3, 0.4) is 0 Å². The van der Waals surface area contributed by atoms with E-state index in [0.717, 1.165) is 32.2 Å². The van der Waals surface area contributed by atoms with Gasteiger partial charge in [-0.2, -0.15) is 0 Å². The van der Waals surface area contributed by atoms with Gasteiger partial charge in [-0.1, -0.05) is 0 Å². The number of nitro benzene ring substituents is 1. The van der Waals surface area contributed by atoms with Crippen LogP contribution < -0.4 is 4.74 Å². The summed E-state index contributed by atoms with van der Waals surface area (Å²) >= 11 is 0. The van der Waals surface area contributed by atoms with Gasteiger partial charge >= 0.3 is 11.7 Å². The molecule has 1 aromatic rings. The van der Waals surface area contributed by atoms with Gasteiger partial charge in [0.25, 0.3) is 0 Å². The van der Waals surface area contributed by atoms with Crippen LogP contribution in [0.2, 0.25) is 0 Å². The topological polar surface area (TPSA) is 98.9 Å². The molecule has 0 aliphatic rings. The molecule has 19 heavy (non-hydrogen) atoms. The summed E-state index contributed by atoms with van der Waals surface area (Å²) in [5, 5.41) is 20.4. The van der Waals surface area contributed by atoms with Gasteiger partial charge in [0.1, 0.15) is 12.4 Å².